The van der Waals surface area contributed by atoms with E-state index < -0.39 is 6.10 Å². The highest BCUT2D eigenvalue weighted by Gasteiger charge is 2.19. The summed E-state index contributed by atoms with van der Waals surface area (Å²) in [5.41, 5.74) is 0. The zero-order valence-electron chi connectivity index (χ0n) is 48.8. The van der Waals surface area contributed by atoms with Crippen LogP contribution >= 0.6 is 0 Å². The van der Waals surface area contributed by atoms with Gasteiger partial charge >= 0.3 is 17.9 Å². The second-order valence-electron chi connectivity index (χ2n) is 20.9. The van der Waals surface area contributed by atoms with Crippen LogP contribution in [-0.2, 0) is 28.6 Å². The lowest BCUT2D eigenvalue weighted by atomic mass is 10.0. The molecule has 0 saturated carbocycles. The van der Waals surface area contributed by atoms with E-state index in [1.54, 1.807) is 0 Å². The molecule has 0 aromatic carbocycles. The second-order valence-corrected chi connectivity index (χ2v) is 20.9. The molecule has 1 atom stereocenters. The lowest BCUT2D eigenvalue weighted by molar-refractivity contribution is -0.167. The third-order valence-electron chi connectivity index (χ3n) is 13.6. The Hall–Kier alpha value is -3.41. The van der Waals surface area contributed by atoms with Gasteiger partial charge in [0.15, 0.2) is 6.10 Å². The Morgan fingerprint density at radius 1 is 0.284 bits per heavy atom. The topological polar surface area (TPSA) is 78.9 Å². The van der Waals surface area contributed by atoms with E-state index in [2.05, 4.69) is 106 Å². The van der Waals surface area contributed by atoms with Crippen molar-refractivity contribution >= 4 is 17.9 Å². The SMILES string of the molecule is CC/C=C\C/C=C\C/C=C\C/C=C\C/C=C\C/C=C\CCCCCCCCCCCCC(=O)OCC(COC(=O)CCCCCCCC)OC(=O)CCCCCCCCCCC/C=C\CCCCCCCCCC. The van der Waals surface area contributed by atoms with Crippen LogP contribution in [0.4, 0.5) is 0 Å². The third-order valence-corrected chi connectivity index (χ3v) is 13.6. The molecule has 0 rings (SSSR count). The molecule has 0 aromatic rings. The monoisotopic (exact) mass is 1030 g/mol. The molecule has 0 aromatic heterocycles. The van der Waals surface area contributed by atoms with Crippen LogP contribution in [0.25, 0.3) is 0 Å². The predicted octanol–water partition coefficient (Wildman–Crippen LogP) is 21.5. The zero-order valence-corrected chi connectivity index (χ0v) is 48.8. The fourth-order valence-electron chi connectivity index (χ4n) is 8.91. The molecule has 0 spiro atoms. The van der Waals surface area contributed by atoms with Crippen LogP contribution in [0.5, 0.6) is 0 Å². The summed E-state index contributed by atoms with van der Waals surface area (Å²) in [6.45, 7) is 6.49. The molecule has 0 aliphatic rings. The quantitative estimate of drug-likeness (QED) is 0.0261. The number of carbonyl (C=O) groups is 3. The summed E-state index contributed by atoms with van der Waals surface area (Å²) >= 11 is 0. The third kappa shape index (κ3) is 59.5. The highest BCUT2D eigenvalue weighted by Crippen LogP contribution is 2.16. The molecule has 6 nitrogen and oxygen atoms in total. The molecule has 0 bridgehead atoms. The Balaban J connectivity index is 4.10. The van der Waals surface area contributed by atoms with Gasteiger partial charge in [-0.3, -0.25) is 14.4 Å². The molecule has 0 heterocycles. The van der Waals surface area contributed by atoms with Crippen molar-refractivity contribution in [1.29, 1.82) is 0 Å². The molecule has 0 radical (unpaired) electrons. The Kier molecular flexibility index (Phi) is 59.3. The number of rotatable bonds is 57. The molecule has 0 saturated heterocycles. The van der Waals surface area contributed by atoms with Gasteiger partial charge in [0.05, 0.1) is 0 Å². The van der Waals surface area contributed by atoms with Crippen molar-refractivity contribution in [3.8, 4) is 0 Å². The van der Waals surface area contributed by atoms with Gasteiger partial charge < -0.3 is 14.2 Å². The number of esters is 3. The van der Waals surface area contributed by atoms with Gasteiger partial charge in [-0.15, -0.1) is 0 Å². The highest BCUT2D eigenvalue weighted by atomic mass is 16.6. The van der Waals surface area contributed by atoms with Crippen molar-refractivity contribution in [2.45, 2.75) is 316 Å². The van der Waals surface area contributed by atoms with Crippen LogP contribution in [0, 0.1) is 0 Å². The number of unbranched alkanes of at least 4 members (excludes halogenated alkanes) is 32. The summed E-state index contributed by atoms with van der Waals surface area (Å²) in [4.78, 5) is 38.0. The van der Waals surface area contributed by atoms with Gasteiger partial charge in [-0.2, -0.15) is 0 Å². The molecule has 0 N–H and O–H groups in total. The molecule has 0 fully saturated rings. The normalized spacial score (nSPS) is 12.6. The molecule has 426 valence electrons. The molecular weight excluding hydrogens is 913 g/mol. The average molecular weight is 1030 g/mol. The van der Waals surface area contributed by atoms with Gasteiger partial charge in [0.1, 0.15) is 13.2 Å². The van der Waals surface area contributed by atoms with Crippen molar-refractivity contribution < 1.29 is 28.6 Å². The molecule has 1 unspecified atom stereocenters. The minimum Gasteiger partial charge on any atom is -0.462 e. The molecule has 6 heteroatoms. The fraction of sp³-hybridized carbons (Fsp3) is 0.750. The number of allylic oxidation sites excluding steroid dienone is 14. The van der Waals surface area contributed by atoms with Crippen LogP contribution < -0.4 is 0 Å². The van der Waals surface area contributed by atoms with Gasteiger partial charge in [-0.1, -0.05) is 279 Å². The minimum atomic E-state index is -0.776. The van der Waals surface area contributed by atoms with Crippen LogP contribution in [0.2, 0.25) is 0 Å². The minimum absolute atomic E-state index is 0.0766. The molecule has 0 amide bonds. The Bertz CT molecular complexity index is 1420. The van der Waals surface area contributed by atoms with Crippen LogP contribution in [0.15, 0.2) is 85.1 Å². The Morgan fingerprint density at radius 2 is 0.527 bits per heavy atom. The maximum Gasteiger partial charge on any atom is 0.306 e. The molecule has 0 aliphatic heterocycles. The maximum atomic E-state index is 12.8. The van der Waals surface area contributed by atoms with Crippen molar-refractivity contribution in [3.63, 3.8) is 0 Å². The maximum absolute atomic E-state index is 12.8. The van der Waals surface area contributed by atoms with Crippen molar-refractivity contribution in [3.05, 3.63) is 85.1 Å². The van der Waals surface area contributed by atoms with Gasteiger partial charge in [-0.25, -0.2) is 0 Å². The lowest BCUT2D eigenvalue weighted by Gasteiger charge is -2.18. The first-order valence-electron chi connectivity index (χ1n) is 31.6. The molecular formula is C68H118O6. The van der Waals surface area contributed by atoms with Gasteiger partial charge in [0.2, 0.25) is 0 Å². The standard InChI is InChI=1S/C68H118O6/c1-4-7-10-13-16-18-20-22-24-26-28-30-31-32-33-34-35-36-37-39-40-42-44-46-48-50-52-55-58-61-67(70)73-64-65(63-72-66(69)60-57-54-15-12-9-6-3)74-68(71)62-59-56-53-51-49-47-45-43-41-38-29-27-25-23-21-19-17-14-11-8-5-2/h7,10,16,18,22,24,27-30,32-33,35-36,65H,4-6,8-9,11-15,17,19-21,23,25-26,31,34,37-64H2,1-3H3/b10-7-,18-16-,24-22-,29-27-,30-28-,33-32-,36-35-. The summed E-state index contributed by atoms with van der Waals surface area (Å²) in [6, 6.07) is 0. The van der Waals surface area contributed by atoms with E-state index in [-0.39, 0.29) is 31.1 Å². The summed E-state index contributed by atoms with van der Waals surface area (Å²) in [5, 5.41) is 0. The van der Waals surface area contributed by atoms with Gasteiger partial charge in [-0.05, 0) is 96.3 Å². The zero-order chi connectivity index (χ0) is 53.6. The number of carbonyl (C=O) groups excluding carboxylic acids is 3. The summed E-state index contributed by atoms with van der Waals surface area (Å²) in [7, 11) is 0. The highest BCUT2D eigenvalue weighted by molar-refractivity contribution is 5.71. The summed E-state index contributed by atoms with van der Waals surface area (Å²) in [5.74, 6) is -0.883. The number of hydrogen-bond donors (Lipinski definition) is 0. The van der Waals surface area contributed by atoms with E-state index >= 15 is 0 Å². The van der Waals surface area contributed by atoms with E-state index in [0.29, 0.717) is 19.3 Å². The van der Waals surface area contributed by atoms with Crippen LogP contribution in [-0.4, -0.2) is 37.2 Å². The van der Waals surface area contributed by atoms with E-state index in [4.69, 9.17) is 14.2 Å². The van der Waals surface area contributed by atoms with Crippen LogP contribution in [0.1, 0.15) is 310 Å². The Labute approximate surface area is 458 Å². The first-order chi connectivity index (χ1) is 36.5. The predicted molar refractivity (Wildman–Crippen MR) is 321 cm³/mol. The number of ether oxygens (including phenoxy) is 3. The average Bonchev–Trinajstić information content (AvgIpc) is 3.40. The van der Waals surface area contributed by atoms with E-state index in [1.165, 1.54) is 173 Å². The molecule has 0 aliphatic carbocycles. The number of hydrogen-bond acceptors (Lipinski definition) is 6. The fourth-order valence-corrected chi connectivity index (χ4v) is 8.91. The van der Waals surface area contributed by atoms with E-state index in [9.17, 15) is 14.4 Å². The van der Waals surface area contributed by atoms with Crippen molar-refractivity contribution in [1.82, 2.24) is 0 Å². The van der Waals surface area contributed by atoms with E-state index in [0.717, 1.165) is 96.3 Å². The lowest BCUT2D eigenvalue weighted by Crippen LogP contribution is -2.30. The summed E-state index contributed by atoms with van der Waals surface area (Å²) in [6.07, 6.45) is 81.9. The first-order valence-corrected chi connectivity index (χ1v) is 31.6. The summed E-state index contributed by atoms with van der Waals surface area (Å²) < 4.78 is 16.8. The Morgan fingerprint density at radius 3 is 0.838 bits per heavy atom. The van der Waals surface area contributed by atoms with Crippen molar-refractivity contribution in [2.75, 3.05) is 13.2 Å². The first kappa shape index (κ1) is 70.6. The smallest absolute Gasteiger partial charge is 0.306 e. The van der Waals surface area contributed by atoms with E-state index in [1.807, 2.05) is 0 Å². The van der Waals surface area contributed by atoms with Crippen molar-refractivity contribution in [2.24, 2.45) is 0 Å². The van der Waals surface area contributed by atoms with Crippen LogP contribution in [0.3, 0.4) is 0 Å². The van der Waals surface area contributed by atoms with Gasteiger partial charge in [0.25, 0.3) is 0 Å². The molecule has 74 heavy (non-hydrogen) atoms. The largest absolute Gasteiger partial charge is 0.462 e. The van der Waals surface area contributed by atoms with Gasteiger partial charge in [0, 0.05) is 19.3 Å². The second kappa shape index (κ2) is 62.1.